The van der Waals surface area contributed by atoms with E-state index in [0.29, 0.717) is 11.5 Å². The molecule has 0 saturated carbocycles. The monoisotopic (exact) mass is 405 g/mol. The average molecular weight is 406 g/mol. The van der Waals surface area contributed by atoms with Gasteiger partial charge in [0.2, 0.25) is 5.91 Å². The van der Waals surface area contributed by atoms with Crippen molar-refractivity contribution in [2.24, 2.45) is 11.3 Å². The van der Waals surface area contributed by atoms with Crippen LogP contribution >= 0.6 is 0 Å². The lowest BCUT2D eigenvalue weighted by atomic mass is 9.63. The van der Waals surface area contributed by atoms with Crippen molar-refractivity contribution in [3.63, 3.8) is 0 Å². The Labute approximate surface area is 179 Å². The summed E-state index contributed by atoms with van der Waals surface area (Å²) in [6, 6.07) is 15.5. The third-order valence-corrected chi connectivity index (χ3v) is 6.28. The van der Waals surface area contributed by atoms with Gasteiger partial charge >= 0.3 is 5.97 Å². The van der Waals surface area contributed by atoms with E-state index in [1.54, 1.807) is 36.2 Å². The summed E-state index contributed by atoms with van der Waals surface area (Å²) in [4.78, 5) is 27.3. The van der Waals surface area contributed by atoms with Crippen LogP contribution in [-0.2, 0) is 16.0 Å². The van der Waals surface area contributed by atoms with Crippen LogP contribution in [0.4, 0.5) is 5.69 Å². The lowest BCUT2D eigenvalue weighted by molar-refractivity contribution is -0.128. The van der Waals surface area contributed by atoms with Crippen LogP contribution in [0.25, 0.3) is 0 Å². The summed E-state index contributed by atoms with van der Waals surface area (Å²) in [5.41, 5.74) is 3.29. The van der Waals surface area contributed by atoms with E-state index in [4.69, 9.17) is 4.74 Å². The van der Waals surface area contributed by atoms with Gasteiger partial charge in [-0.15, -0.1) is 0 Å². The van der Waals surface area contributed by atoms with Crippen LogP contribution < -0.4 is 4.90 Å². The van der Waals surface area contributed by atoms with Gasteiger partial charge in [-0.3, -0.25) is 4.79 Å². The Morgan fingerprint density at radius 1 is 1.17 bits per heavy atom. The number of nitrogens with zero attached hydrogens (tertiary/aromatic N) is 1. The van der Waals surface area contributed by atoms with Gasteiger partial charge in [0.15, 0.2) is 0 Å². The van der Waals surface area contributed by atoms with E-state index in [-0.39, 0.29) is 18.4 Å². The fraction of sp³-hybridized carbons (Fsp3) is 0.385. The van der Waals surface area contributed by atoms with Crippen LogP contribution in [0.2, 0.25) is 0 Å². The lowest BCUT2D eigenvalue weighted by Gasteiger charge is -2.43. The molecule has 4 nitrogen and oxygen atoms in total. The van der Waals surface area contributed by atoms with Gasteiger partial charge < -0.3 is 9.64 Å². The van der Waals surface area contributed by atoms with Crippen molar-refractivity contribution in [1.29, 1.82) is 0 Å². The van der Waals surface area contributed by atoms with Gasteiger partial charge in [-0.2, -0.15) is 0 Å². The molecule has 0 aliphatic heterocycles. The normalized spacial score (nSPS) is 18.3. The van der Waals surface area contributed by atoms with E-state index in [0.717, 1.165) is 18.5 Å². The van der Waals surface area contributed by atoms with E-state index in [1.807, 2.05) is 0 Å². The summed E-state index contributed by atoms with van der Waals surface area (Å²) >= 11 is 0. The van der Waals surface area contributed by atoms with Crippen LogP contribution in [0.1, 0.15) is 54.6 Å². The number of amides is 1. The molecule has 2 aromatic rings. The maximum Gasteiger partial charge on any atom is 0.338 e. The molecule has 3 rings (SSSR count). The molecule has 30 heavy (non-hydrogen) atoms. The highest BCUT2D eigenvalue weighted by atomic mass is 16.5. The fourth-order valence-electron chi connectivity index (χ4n) is 4.74. The van der Waals surface area contributed by atoms with E-state index >= 15 is 0 Å². The number of fused-ring (bicyclic) bond motifs is 1. The largest absolute Gasteiger partial charge is 0.458 e. The van der Waals surface area contributed by atoms with E-state index in [9.17, 15) is 9.59 Å². The molecule has 1 amide bonds. The molecular weight excluding hydrogens is 374 g/mol. The number of ether oxygens (including phenoxy) is 1. The van der Waals surface area contributed by atoms with Crippen molar-refractivity contribution in [3.05, 3.63) is 77.9 Å². The zero-order valence-electron chi connectivity index (χ0n) is 18.4. The van der Waals surface area contributed by atoms with Gasteiger partial charge in [-0.1, -0.05) is 57.7 Å². The Bertz CT molecular complexity index is 930. The van der Waals surface area contributed by atoms with Gasteiger partial charge in [-0.25, -0.2) is 4.79 Å². The van der Waals surface area contributed by atoms with Crippen molar-refractivity contribution < 1.29 is 14.3 Å². The van der Waals surface area contributed by atoms with Crippen LogP contribution in [-0.4, -0.2) is 25.5 Å². The lowest BCUT2D eigenvalue weighted by Crippen LogP contribution is -2.45. The molecular formula is C26H31NO3. The molecule has 4 heteroatoms. The molecule has 0 N–H and O–H groups in total. The summed E-state index contributed by atoms with van der Waals surface area (Å²) in [6.07, 6.45) is 3.69. The quantitative estimate of drug-likeness (QED) is 0.478. The van der Waals surface area contributed by atoms with Crippen molar-refractivity contribution in [1.82, 2.24) is 0 Å². The molecule has 158 valence electrons. The highest BCUT2D eigenvalue weighted by Crippen LogP contribution is 2.48. The smallest absolute Gasteiger partial charge is 0.338 e. The second-order valence-electron chi connectivity index (χ2n) is 8.71. The second-order valence-corrected chi connectivity index (χ2v) is 8.71. The SMILES string of the molecule is C=CCOC(=O)c1ccc(N(C)C(=O)C(C)(C)C2c3ccccc3CCC2C)cc1. The van der Waals surface area contributed by atoms with E-state index in [2.05, 4.69) is 51.6 Å². The molecule has 2 atom stereocenters. The standard InChI is InChI=1S/C26H31NO3/c1-6-17-30-24(28)20-13-15-21(16-14-20)27(5)25(29)26(3,4)23-18(2)11-12-19-9-7-8-10-22(19)23/h6-10,13-16,18,23H,1,11-12,17H2,2-5H3. The predicted molar refractivity (Wildman–Crippen MR) is 121 cm³/mol. The molecule has 2 unspecified atom stereocenters. The van der Waals surface area contributed by atoms with Crippen LogP contribution in [0.5, 0.6) is 0 Å². The Balaban J connectivity index is 1.83. The zero-order valence-corrected chi connectivity index (χ0v) is 18.4. The van der Waals surface area contributed by atoms with Crippen molar-refractivity contribution >= 4 is 17.6 Å². The zero-order chi connectivity index (χ0) is 21.9. The van der Waals surface area contributed by atoms with Gasteiger partial charge in [0.05, 0.1) is 11.0 Å². The number of rotatable bonds is 6. The van der Waals surface area contributed by atoms with Crippen molar-refractivity contribution in [2.75, 3.05) is 18.6 Å². The first-order valence-electron chi connectivity index (χ1n) is 10.5. The van der Waals surface area contributed by atoms with Gasteiger partial charge in [0.1, 0.15) is 6.61 Å². The molecule has 0 bridgehead atoms. The first-order chi connectivity index (χ1) is 14.3. The third-order valence-electron chi connectivity index (χ3n) is 6.28. The molecule has 0 heterocycles. The third kappa shape index (κ3) is 4.18. The summed E-state index contributed by atoms with van der Waals surface area (Å²) < 4.78 is 5.07. The minimum absolute atomic E-state index is 0.0676. The molecule has 1 aliphatic carbocycles. The first kappa shape index (κ1) is 21.8. The van der Waals surface area contributed by atoms with E-state index in [1.165, 1.54) is 17.2 Å². The average Bonchev–Trinajstić information content (AvgIpc) is 2.76. The molecule has 0 radical (unpaired) electrons. The van der Waals surface area contributed by atoms with Gasteiger partial charge in [0.25, 0.3) is 0 Å². The number of hydrogen-bond acceptors (Lipinski definition) is 3. The molecule has 0 fully saturated rings. The number of esters is 1. The minimum atomic E-state index is -0.563. The Morgan fingerprint density at radius 2 is 1.83 bits per heavy atom. The van der Waals surface area contributed by atoms with Crippen LogP contribution in [0.3, 0.4) is 0 Å². The second kappa shape index (κ2) is 8.86. The minimum Gasteiger partial charge on any atom is -0.458 e. The highest BCUT2D eigenvalue weighted by molar-refractivity contribution is 5.98. The number of anilines is 1. The highest BCUT2D eigenvalue weighted by Gasteiger charge is 2.44. The number of aryl methyl sites for hydroxylation is 1. The van der Waals surface area contributed by atoms with Crippen molar-refractivity contribution in [3.8, 4) is 0 Å². The maximum atomic E-state index is 13.6. The Hall–Kier alpha value is -2.88. The molecule has 1 aliphatic rings. The van der Waals surface area contributed by atoms with Crippen molar-refractivity contribution in [2.45, 2.75) is 39.5 Å². The molecule has 0 spiro atoms. The molecule has 0 saturated heterocycles. The summed E-state index contributed by atoms with van der Waals surface area (Å²) in [5.74, 6) is 0.251. The van der Waals surface area contributed by atoms with Crippen LogP contribution in [0.15, 0.2) is 61.2 Å². The first-order valence-corrected chi connectivity index (χ1v) is 10.5. The van der Waals surface area contributed by atoms with Gasteiger partial charge in [-0.05, 0) is 54.2 Å². The number of carbonyl (C=O) groups is 2. The summed E-state index contributed by atoms with van der Waals surface area (Å²) in [5, 5.41) is 0. The van der Waals surface area contributed by atoms with E-state index < -0.39 is 11.4 Å². The van der Waals surface area contributed by atoms with Gasteiger partial charge in [0, 0.05) is 18.7 Å². The number of carbonyl (C=O) groups excluding carboxylic acids is 2. The fourth-order valence-corrected chi connectivity index (χ4v) is 4.74. The summed E-state index contributed by atoms with van der Waals surface area (Å²) in [7, 11) is 1.80. The topological polar surface area (TPSA) is 46.6 Å². The van der Waals surface area contributed by atoms with Crippen LogP contribution in [0, 0.1) is 11.3 Å². The number of benzene rings is 2. The molecule has 2 aromatic carbocycles. The molecule has 0 aromatic heterocycles. The Morgan fingerprint density at radius 3 is 2.50 bits per heavy atom. The number of hydrogen-bond donors (Lipinski definition) is 0. The maximum absolute atomic E-state index is 13.6. The Kier molecular flexibility index (Phi) is 6.45. The predicted octanol–water partition coefficient (Wildman–Crippen LogP) is 5.38. The summed E-state index contributed by atoms with van der Waals surface area (Å²) in [6.45, 7) is 10.1.